The summed E-state index contributed by atoms with van der Waals surface area (Å²) in [7, 11) is 0. The van der Waals surface area contributed by atoms with Gasteiger partial charge in [-0.05, 0) is 49.0 Å². The molecule has 90 valence electrons. The van der Waals surface area contributed by atoms with Gasteiger partial charge in [-0.15, -0.1) is 0 Å². The Morgan fingerprint density at radius 2 is 2.06 bits per heavy atom. The number of allylic oxidation sites excluding steroid dienone is 1. The Bertz CT molecular complexity index is 498. The molecule has 1 aromatic carbocycles. The Morgan fingerprint density at radius 3 is 2.88 bits per heavy atom. The number of hydrogen-bond donors (Lipinski definition) is 2. The average molecular weight is 251 g/mol. The monoisotopic (exact) mass is 250 g/mol. The van der Waals surface area contributed by atoms with E-state index < -0.39 is 0 Å². The van der Waals surface area contributed by atoms with Crippen LogP contribution in [0.3, 0.4) is 0 Å². The Labute approximate surface area is 105 Å². The van der Waals surface area contributed by atoms with Gasteiger partial charge in [0.15, 0.2) is 0 Å². The van der Waals surface area contributed by atoms with Crippen LogP contribution in [0.5, 0.6) is 0 Å². The normalized spacial score (nSPS) is 23.5. The fraction of sp³-hybridized carbons (Fsp3) is 0.385. The highest BCUT2D eigenvalue weighted by molar-refractivity contribution is 6.30. The van der Waals surface area contributed by atoms with Crippen LogP contribution in [0.2, 0.25) is 5.02 Å². The third-order valence-electron chi connectivity index (χ3n) is 3.67. The van der Waals surface area contributed by atoms with Crippen molar-refractivity contribution >= 4 is 17.3 Å². The standard InChI is InChI=1S/C13H15ClN2O/c14-8-5-6-10-12(7-8)16(17)11-4-2-1-3-9(11)13(10)15/h5-7,13,17H,1-4,15H2. The lowest BCUT2D eigenvalue weighted by atomic mass is 9.84. The van der Waals surface area contributed by atoms with Crippen molar-refractivity contribution in [2.75, 3.05) is 5.06 Å². The molecule has 0 saturated carbocycles. The van der Waals surface area contributed by atoms with Crippen LogP contribution in [0, 0.1) is 0 Å². The second kappa shape index (κ2) is 4.02. The van der Waals surface area contributed by atoms with Crippen LogP contribution in [0.4, 0.5) is 5.69 Å². The molecule has 0 radical (unpaired) electrons. The smallest absolute Gasteiger partial charge is 0.0755 e. The molecule has 1 heterocycles. The Hall–Kier alpha value is -1.03. The lowest BCUT2D eigenvalue weighted by Gasteiger charge is -2.36. The van der Waals surface area contributed by atoms with Gasteiger partial charge in [-0.3, -0.25) is 5.21 Å². The molecule has 4 heteroatoms. The predicted molar refractivity (Wildman–Crippen MR) is 68.1 cm³/mol. The molecule has 0 aromatic heterocycles. The predicted octanol–water partition coefficient (Wildman–Crippen LogP) is 3.38. The van der Waals surface area contributed by atoms with Gasteiger partial charge in [-0.1, -0.05) is 17.7 Å². The maximum atomic E-state index is 10.3. The van der Waals surface area contributed by atoms with Crippen molar-refractivity contribution in [1.29, 1.82) is 0 Å². The fourth-order valence-corrected chi connectivity index (χ4v) is 2.95. The number of hydroxylamine groups is 1. The number of fused-ring (bicyclic) bond motifs is 1. The molecule has 0 fully saturated rings. The molecule has 0 bridgehead atoms. The zero-order valence-electron chi connectivity index (χ0n) is 9.49. The van der Waals surface area contributed by atoms with E-state index in [-0.39, 0.29) is 6.04 Å². The number of hydrogen-bond acceptors (Lipinski definition) is 3. The fourth-order valence-electron chi connectivity index (χ4n) is 2.79. The molecule has 1 aliphatic carbocycles. The maximum absolute atomic E-state index is 10.3. The molecular formula is C13H15ClN2O. The second-order valence-electron chi connectivity index (χ2n) is 4.67. The molecule has 0 amide bonds. The number of nitrogens with two attached hydrogens (primary N) is 1. The third-order valence-corrected chi connectivity index (χ3v) is 3.90. The van der Waals surface area contributed by atoms with Gasteiger partial charge in [0.1, 0.15) is 0 Å². The lowest BCUT2D eigenvalue weighted by molar-refractivity contribution is 0.267. The van der Waals surface area contributed by atoms with E-state index in [9.17, 15) is 5.21 Å². The molecule has 3 rings (SSSR count). The Balaban J connectivity index is 2.14. The van der Waals surface area contributed by atoms with E-state index in [1.54, 1.807) is 6.07 Å². The molecule has 1 aliphatic heterocycles. The summed E-state index contributed by atoms with van der Waals surface area (Å²) in [6.45, 7) is 0. The quantitative estimate of drug-likeness (QED) is 0.742. The minimum Gasteiger partial charge on any atom is -0.320 e. The molecule has 3 N–H and O–H groups in total. The van der Waals surface area contributed by atoms with Gasteiger partial charge in [-0.2, -0.15) is 0 Å². The molecule has 1 atom stereocenters. The van der Waals surface area contributed by atoms with E-state index in [4.69, 9.17) is 17.3 Å². The highest BCUT2D eigenvalue weighted by Crippen LogP contribution is 2.44. The summed E-state index contributed by atoms with van der Waals surface area (Å²) in [5.41, 5.74) is 10.1. The second-order valence-corrected chi connectivity index (χ2v) is 5.11. The number of nitrogens with zero attached hydrogens (tertiary/aromatic N) is 1. The van der Waals surface area contributed by atoms with E-state index in [1.165, 1.54) is 10.6 Å². The van der Waals surface area contributed by atoms with E-state index in [0.717, 1.165) is 42.6 Å². The van der Waals surface area contributed by atoms with Gasteiger partial charge in [-0.25, -0.2) is 5.06 Å². The van der Waals surface area contributed by atoms with Crippen LogP contribution >= 0.6 is 11.6 Å². The minimum absolute atomic E-state index is 0.0963. The van der Waals surface area contributed by atoms with E-state index in [0.29, 0.717) is 5.02 Å². The first-order valence-corrected chi connectivity index (χ1v) is 6.32. The highest BCUT2D eigenvalue weighted by Gasteiger charge is 2.31. The van der Waals surface area contributed by atoms with Crippen LogP contribution in [0.15, 0.2) is 29.5 Å². The van der Waals surface area contributed by atoms with Crippen molar-refractivity contribution < 1.29 is 5.21 Å². The summed E-state index contributed by atoms with van der Waals surface area (Å²) < 4.78 is 0. The number of anilines is 1. The first-order valence-electron chi connectivity index (χ1n) is 5.94. The Morgan fingerprint density at radius 1 is 1.29 bits per heavy atom. The molecule has 1 unspecified atom stereocenters. The minimum atomic E-state index is -0.0963. The number of halogens is 1. The maximum Gasteiger partial charge on any atom is 0.0755 e. The molecule has 2 aliphatic rings. The number of rotatable bonds is 0. The zero-order valence-corrected chi connectivity index (χ0v) is 10.2. The van der Waals surface area contributed by atoms with Crippen molar-refractivity contribution in [3.05, 3.63) is 40.1 Å². The molecule has 0 spiro atoms. The van der Waals surface area contributed by atoms with Crippen LogP contribution in [0.25, 0.3) is 0 Å². The van der Waals surface area contributed by atoms with Crippen molar-refractivity contribution in [3.63, 3.8) is 0 Å². The van der Waals surface area contributed by atoms with Gasteiger partial charge >= 0.3 is 0 Å². The summed E-state index contributed by atoms with van der Waals surface area (Å²) in [4.78, 5) is 0. The summed E-state index contributed by atoms with van der Waals surface area (Å²) in [5.74, 6) is 0. The van der Waals surface area contributed by atoms with Crippen LogP contribution in [-0.4, -0.2) is 5.21 Å². The summed E-state index contributed by atoms with van der Waals surface area (Å²) >= 11 is 5.97. The van der Waals surface area contributed by atoms with Crippen molar-refractivity contribution in [1.82, 2.24) is 0 Å². The van der Waals surface area contributed by atoms with Crippen LogP contribution < -0.4 is 10.8 Å². The third kappa shape index (κ3) is 1.66. The van der Waals surface area contributed by atoms with E-state index in [1.807, 2.05) is 12.1 Å². The summed E-state index contributed by atoms with van der Waals surface area (Å²) in [6.07, 6.45) is 4.14. The highest BCUT2D eigenvalue weighted by atomic mass is 35.5. The van der Waals surface area contributed by atoms with E-state index in [2.05, 4.69) is 0 Å². The van der Waals surface area contributed by atoms with Gasteiger partial charge in [0.25, 0.3) is 0 Å². The number of benzene rings is 1. The summed E-state index contributed by atoms with van der Waals surface area (Å²) in [5, 5.41) is 12.2. The van der Waals surface area contributed by atoms with E-state index >= 15 is 0 Å². The van der Waals surface area contributed by atoms with Crippen LogP contribution in [0.1, 0.15) is 37.3 Å². The summed E-state index contributed by atoms with van der Waals surface area (Å²) in [6, 6.07) is 5.41. The van der Waals surface area contributed by atoms with Gasteiger partial charge < -0.3 is 5.73 Å². The molecule has 3 nitrogen and oxygen atoms in total. The lowest BCUT2D eigenvalue weighted by Crippen LogP contribution is -2.32. The molecule has 17 heavy (non-hydrogen) atoms. The van der Waals surface area contributed by atoms with Gasteiger partial charge in [0.2, 0.25) is 0 Å². The van der Waals surface area contributed by atoms with Gasteiger partial charge in [0.05, 0.1) is 11.7 Å². The van der Waals surface area contributed by atoms with Gasteiger partial charge in [0, 0.05) is 10.7 Å². The van der Waals surface area contributed by atoms with Crippen molar-refractivity contribution in [2.24, 2.45) is 5.73 Å². The van der Waals surface area contributed by atoms with Crippen LogP contribution in [-0.2, 0) is 0 Å². The zero-order chi connectivity index (χ0) is 12.0. The largest absolute Gasteiger partial charge is 0.320 e. The van der Waals surface area contributed by atoms with Crippen molar-refractivity contribution in [3.8, 4) is 0 Å². The first kappa shape index (κ1) is 11.1. The SMILES string of the molecule is NC1C2=C(CCCC2)N(O)c2cc(Cl)ccc21. The molecule has 1 aromatic rings. The topological polar surface area (TPSA) is 49.5 Å². The molecular weight excluding hydrogens is 236 g/mol. The van der Waals surface area contributed by atoms with Crippen molar-refractivity contribution in [2.45, 2.75) is 31.7 Å². The molecule has 0 saturated heterocycles. The average Bonchev–Trinajstić information content (AvgIpc) is 2.36. The first-order chi connectivity index (χ1) is 8.18. The Kier molecular flexibility index (Phi) is 2.62.